The van der Waals surface area contributed by atoms with Gasteiger partial charge in [-0.15, -0.1) is 12.1 Å². The summed E-state index contributed by atoms with van der Waals surface area (Å²) in [5.74, 6) is 0.626. The van der Waals surface area contributed by atoms with Crippen LogP contribution in [-0.4, -0.2) is 15.9 Å². The van der Waals surface area contributed by atoms with Gasteiger partial charge in [0.1, 0.15) is 0 Å². The Kier molecular flexibility index (Phi) is 6.07. The average Bonchev–Trinajstić information content (AvgIpc) is 3.17. The first-order valence-corrected chi connectivity index (χ1v) is 7.50. The fourth-order valence-electron chi connectivity index (χ4n) is 2.59. The fourth-order valence-corrected chi connectivity index (χ4v) is 2.59. The Hall–Kier alpha value is -2.49. The Bertz CT molecular complexity index is 952. The molecule has 3 aromatic rings. The molecule has 1 aliphatic carbocycles. The Morgan fingerprint density at radius 3 is 2.60 bits per heavy atom. The molecule has 1 aliphatic rings. The molecule has 1 aromatic carbocycles. The van der Waals surface area contributed by atoms with E-state index in [2.05, 4.69) is 29.3 Å². The minimum Gasteiger partial charge on any atom is -0.545 e. The van der Waals surface area contributed by atoms with Gasteiger partial charge in [0, 0.05) is 43.0 Å². The van der Waals surface area contributed by atoms with Crippen LogP contribution in [0.3, 0.4) is 0 Å². The largest absolute Gasteiger partial charge is 0.545 e. The molecular weight excluding hydrogens is 494 g/mol. The summed E-state index contributed by atoms with van der Waals surface area (Å²) in [5, 5.41) is 9.59. The third kappa shape index (κ3) is 4.32. The van der Waals surface area contributed by atoms with Crippen LogP contribution in [0.1, 0.15) is 25.0 Å². The maximum absolute atomic E-state index is 10.0. The standard InChI is InChI=1S/C15H8NO.C5H8O2.Ir/c1-3-10-6-7-11-9-13(14-5-2-8-17-14)16-12(4-1)15(10)11;1-4(6)3-5(2)7;/h1-4,6-9H;3,6H,1-2H3;/q-1;;/b;4-3-;. The number of aliphatic hydroxyl groups excluding tert-OH is 1. The van der Waals surface area contributed by atoms with Gasteiger partial charge in [-0.1, -0.05) is 30.4 Å². The van der Waals surface area contributed by atoms with Gasteiger partial charge in [0.15, 0.2) is 5.78 Å². The number of benzene rings is 1. The van der Waals surface area contributed by atoms with E-state index in [9.17, 15) is 4.79 Å². The maximum atomic E-state index is 10.0. The second-order valence-electron chi connectivity index (χ2n) is 5.46. The topological polar surface area (TPSA) is 63.3 Å². The van der Waals surface area contributed by atoms with Gasteiger partial charge in [-0.2, -0.15) is 0 Å². The molecular formula is C20H16IrNO3-. The first kappa shape index (κ1) is 18.8. The molecule has 2 aromatic heterocycles. The van der Waals surface area contributed by atoms with Crippen LogP contribution >= 0.6 is 0 Å². The summed E-state index contributed by atoms with van der Waals surface area (Å²) in [7, 11) is 0. The molecule has 1 N–H and O–H groups in total. The average molecular weight is 511 g/mol. The molecule has 2 heterocycles. The summed E-state index contributed by atoms with van der Waals surface area (Å²) in [6, 6.07) is 13.0. The molecule has 1 radical (unpaired) electrons. The first-order valence-electron chi connectivity index (χ1n) is 7.50. The van der Waals surface area contributed by atoms with Gasteiger partial charge in [-0.25, -0.2) is 0 Å². The molecule has 4 nitrogen and oxygen atoms in total. The number of rotatable bonds is 2. The van der Waals surface area contributed by atoms with Crippen LogP contribution < -0.4 is 0 Å². The number of carbonyl (C=O) groups excluding carboxylic acids is 1. The molecule has 0 bridgehead atoms. The Morgan fingerprint density at radius 1 is 1.24 bits per heavy atom. The Balaban J connectivity index is 0.000000246. The number of hydrogen-bond acceptors (Lipinski definition) is 4. The summed E-state index contributed by atoms with van der Waals surface area (Å²) < 4.78 is 5.34. The number of ketones is 1. The van der Waals surface area contributed by atoms with E-state index in [0.29, 0.717) is 5.76 Å². The molecule has 0 saturated carbocycles. The molecule has 0 fully saturated rings. The van der Waals surface area contributed by atoms with Crippen molar-refractivity contribution in [1.82, 2.24) is 4.98 Å². The second-order valence-corrected chi connectivity index (χ2v) is 5.46. The molecule has 0 unspecified atom stereocenters. The van der Waals surface area contributed by atoms with E-state index in [1.54, 1.807) is 12.3 Å². The number of aliphatic hydroxyl groups is 1. The number of pyridine rings is 1. The summed E-state index contributed by atoms with van der Waals surface area (Å²) in [4.78, 5) is 14.6. The molecule has 0 saturated heterocycles. The van der Waals surface area contributed by atoms with E-state index < -0.39 is 0 Å². The fraction of sp³-hybridized carbons (Fsp3) is 0.100. The third-order valence-electron chi connectivity index (χ3n) is 3.45. The first-order chi connectivity index (χ1) is 11.5. The van der Waals surface area contributed by atoms with Crippen LogP contribution in [0.5, 0.6) is 0 Å². The molecule has 0 spiro atoms. The normalized spacial score (nSPS) is 11.7. The van der Waals surface area contributed by atoms with Crippen LogP contribution in [0.4, 0.5) is 0 Å². The van der Waals surface area contributed by atoms with Crippen molar-refractivity contribution >= 4 is 28.8 Å². The van der Waals surface area contributed by atoms with Crippen LogP contribution in [0.25, 0.3) is 34.5 Å². The van der Waals surface area contributed by atoms with Crippen molar-refractivity contribution in [2.24, 2.45) is 0 Å². The summed E-state index contributed by atoms with van der Waals surface area (Å²) in [6.07, 6.45) is 7.02. The van der Waals surface area contributed by atoms with E-state index >= 15 is 0 Å². The van der Waals surface area contributed by atoms with Crippen molar-refractivity contribution in [3.63, 3.8) is 0 Å². The minimum absolute atomic E-state index is 0. The van der Waals surface area contributed by atoms with Crippen molar-refractivity contribution in [3.05, 3.63) is 65.6 Å². The van der Waals surface area contributed by atoms with Crippen molar-refractivity contribution < 1.29 is 34.4 Å². The zero-order valence-corrected chi connectivity index (χ0v) is 16.1. The monoisotopic (exact) mass is 511 g/mol. The third-order valence-corrected chi connectivity index (χ3v) is 3.45. The molecule has 5 heteroatoms. The molecule has 0 aliphatic heterocycles. The molecule has 129 valence electrons. The van der Waals surface area contributed by atoms with Crippen molar-refractivity contribution in [2.45, 2.75) is 13.8 Å². The minimum atomic E-state index is -0.125. The molecule has 0 amide bonds. The van der Waals surface area contributed by atoms with Crippen LogP contribution in [0.2, 0.25) is 0 Å². The van der Waals surface area contributed by atoms with Gasteiger partial charge in [-0.3, -0.25) is 4.79 Å². The number of furan rings is 1. The van der Waals surface area contributed by atoms with Crippen LogP contribution in [0, 0.1) is 6.07 Å². The van der Waals surface area contributed by atoms with E-state index in [-0.39, 0.29) is 31.6 Å². The predicted molar refractivity (Wildman–Crippen MR) is 94.3 cm³/mol. The zero-order valence-electron chi connectivity index (χ0n) is 13.7. The number of allylic oxidation sites excluding steroid dienone is 2. The van der Waals surface area contributed by atoms with E-state index in [4.69, 9.17) is 9.52 Å². The quantitative estimate of drug-likeness (QED) is 0.239. The van der Waals surface area contributed by atoms with Crippen LogP contribution in [-0.2, 0) is 24.9 Å². The SMILES string of the molecule is CC(=O)/C=C(/C)O.[Ir].[c-]1ccoc1-c1cc2c3c(cccc3n1)C=C2. The Morgan fingerprint density at radius 2 is 2.00 bits per heavy atom. The van der Waals surface area contributed by atoms with E-state index in [0.717, 1.165) is 11.2 Å². The van der Waals surface area contributed by atoms with Gasteiger partial charge >= 0.3 is 0 Å². The molecule has 25 heavy (non-hydrogen) atoms. The predicted octanol–water partition coefficient (Wildman–Crippen LogP) is 4.81. The number of nitrogens with zero attached hydrogens (tertiary/aromatic N) is 1. The van der Waals surface area contributed by atoms with Crippen molar-refractivity contribution in [3.8, 4) is 11.5 Å². The van der Waals surface area contributed by atoms with Gasteiger partial charge in [0.25, 0.3) is 0 Å². The Labute approximate surface area is 159 Å². The van der Waals surface area contributed by atoms with Gasteiger partial charge in [0.2, 0.25) is 0 Å². The van der Waals surface area contributed by atoms with Crippen molar-refractivity contribution in [1.29, 1.82) is 0 Å². The maximum Gasteiger partial charge on any atom is 0.155 e. The van der Waals surface area contributed by atoms with E-state index in [1.807, 2.05) is 18.2 Å². The number of aromatic nitrogens is 1. The van der Waals surface area contributed by atoms with E-state index in [1.165, 1.54) is 36.4 Å². The van der Waals surface area contributed by atoms with Crippen molar-refractivity contribution in [2.75, 3.05) is 0 Å². The van der Waals surface area contributed by atoms with Gasteiger partial charge in [0.05, 0.1) is 11.3 Å². The van der Waals surface area contributed by atoms with Gasteiger partial charge in [-0.05, 0) is 37.3 Å². The molecule has 4 rings (SSSR count). The van der Waals surface area contributed by atoms with Crippen LogP contribution in [0.15, 0.2) is 52.8 Å². The summed E-state index contributed by atoms with van der Waals surface area (Å²) in [6.45, 7) is 2.85. The smallest absolute Gasteiger partial charge is 0.155 e. The summed E-state index contributed by atoms with van der Waals surface area (Å²) in [5.41, 5.74) is 4.27. The number of carbonyl (C=O) groups is 1. The zero-order chi connectivity index (χ0) is 17.1. The molecule has 0 atom stereocenters. The summed E-state index contributed by atoms with van der Waals surface area (Å²) >= 11 is 0. The second kappa shape index (κ2) is 8.06. The number of hydrogen-bond donors (Lipinski definition) is 1. The van der Waals surface area contributed by atoms with Gasteiger partial charge < -0.3 is 14.5 Å².